The van der Waals surface area contributed by atoms with Crippen molar-refractivity contribution in [2.45, 2.75) is 12.3 Å². The van der Waals surface area contributed by atoms with Gasteiger partial charge in [0.15, 0.2) is 0 Å². The molecule has 0 saturated heterocycles. The van der Waals surface area contributed by atoms with Crippen molar-refractivity contribution < 1.29 is 0 Å². The van der Waals surface area contributed by atoms with Crippen molar-refractivity contribution in [3.8, 4) is 0 Å². The monoisotopic (exact) mass is 290 g/mol. The van der Waals surface area contributed by atoms with E-state index >= 15 is 0 Å². The van der Waals surface area contributed by atoms with Crippen LogP contribution in [0.3, 0.4) is 0 Å². The van der Waals surface area contributed by atoms with Crippen LogP contribution in [-0.4, -0.2) is 0 Å². The van der Waals surface area contributed by atoms with Crippen LogP contribution in [0.15, 0.2) is 30.3 Å². The van der Waals surface area contributed by atoms with Gasteiger partial charge in [-0.25, -0.2) is 0 Å². The Morgan fingerprint density at radius 3 is 2.44 bits per heavy atom. The molecule has 0 nitrogen and oxygen atoms in total. The minimum atomic E-state index is -0.159. The largest absolute Gasteiger partial charge is 0.127 e. The third-order valence-electron chi connectivity index (χ3n) is 2.32. The summed E-state index contributed by atoms with van der Waals surface area (Å²) >= 11 is 19.7. The van der Waals surface area contributed by atoms with E-state index in [1.54, 1.807) is 0 Å². The third-order valence-corrected chi connectivity index (χ3v) is 4.65. The lowest BCUT2D eigenvalue weighted by Gasteiger charge is -2.09. The number of aryl methyl sites for hydroxylation is 1. The first-order valence-corrected chi connectivity index (χ1v) is 6.74. The molecule has 0 aliphatic heterocycles. The molecule has 0 aliphatic rings. The standard InChI is InChI=1S/C12H9Cl3S/c1-7-6-8(2-3-9(7)13)12(15)10-4-5-11(14)16-10/h2-6,12H,1H3. The van der Waals surface area contributed by atoms with Crippen molar-refractivity contribution in [1.82, 2.24) is 0 Å². The molecule has 1 aromatic heterocycles. The summed E-state index contributed by atoms with van der Waals surface area (Å²) in [5.41, 5.74) is 2.08. The zero-order chi connectivity index (χ0) is 11.7. The maximum atomic E-state index is 6.38. The van der Waals surface area contributed by atoms with Crippen molar-refractivity contribution in [2.24, 2.45) is 0 Å². The SMILES string of the molecule is Cc1cc(C(Cl)c2ccc(Cl)s2)ccc1Cl. The predicted octanol–water partition coefficient (Wildman–Crippen LogP) is 5.69. The van der Waals surface area contributed by atoms with Gasteiger partial charge in [0.1, 0.15) is 0 Å². The highest BCUT2D eigenvalue weighted by Gasteiger charge is 2.13. The maximum Gasteiger partial charge on any atom is 0.0931 e. The van der Waals surface area contributed by atoms with E-state index in [9.17, 15) is 0 Å². The van der Waals surface area contributed by atoms with E-state index in [1.165, 1.54) is 11.3 Å². The van der Waals surface area contributed by atoms with Gasteiger partial charge in [-0.05, 0) is 36.2 Å². The summed E-state index contributed by atoms with van der Waals surface area (Å²) in [6.07, 6.45) is 0. The lowest BCUT2D eigenvalue weighted by Crippen LogP contribution is -1.91. The van der Waals surface area contributed by atoms with Gasteiger partial charge in [0.25, 0.3) is 0 Å². The molecule has 4 heteroatoms. The van der Waals surface area contributed by atoms with Gasteiger partial charge in [-0.2, -0.15) is 0 Å². The van der Waals surface area contributed by atoms with Crippen LogP contribution in [0.1, 0.15) is 21.4 Å². The zero-order valence-corrected chi connectivity index (χ0v) is 11.6. The van der Waals surface area contributed by atoms with Gasteiger partial charge < -0.3 is 0 Å². The summed E-state index contributed by atoms with van der Waals surface area (Å²) in [7, 11) is 0. The summed E-state index contributed by atoms with van der Waals surface area (Å²) in [6.45, 7) is 1.97. The van der Waals surface area contributed by atoms with Crippen molar-refractivity contribution in [3.63, 3.8) is 0 Å². The summed E-state index contributed by atoms with van der Waals surface area (Å²) in [4.78, 5) is 1.05. The van der Waals surface area contributed by atoms with Gasteiger partial charge in [0, 0.05) is 9.90 Å². The van der Waals surface area contributed by atoms with Gasteiger partial charge in [0.2, 0.25) is 0 Å². The normalized spacial score (nSPS) is 12.8. The molecule has 1 atom stereocenters. The van der Waals surface area contributed by atoms with Crippen molar-refractivity contribution in [1.29, 1.82) is 0 Å². The van der Waals surface area contributed by atoms with E-state index in [1.807, 2.05) is 37.3 Å². The van der Waals surface area contributed by atoms with Crippen LogP contribution in [0.5, 0.6) is 0 Å². The first-order valence-electron chi connectivity index (χ1n) is 4.73. The molecule has 0 saturated carbocycles. The first kappa shape index (κ1) is 12.3. The van der Waals surface area contributed by atoms with Crippen molar-refractivity contribution in [2.75, 3.05) is 0 Å². The fourth-order valence-corrected chi connectivity index (χ4v) is 2.98. The number of hydrogen-bond donors (Lipinski definition) is 0. The van der Waals surface area contributed by atoms with Gasteiger partial charge in [-0.3, -0.25) is 0 Å². The average Bonchev–Trinajstić information content (AvgIpc) is 2.68. The van der Waals surface area contributed by atoms with Gasteiger partial charge >= 0.3 is 0 Å². The van der Waals surface area contributed by atoms with Crippen LogP contribution >= 0.6 is 46.1 Å². The average molecular weight is 292 g/mol. The van der Waals surface area contributed by atoms with Crippen molar-refractivity contribution >= 4 is 46.1 Å². The molecule has 0 N–H and O–H groups in total. The fraction of sp³-hybridized carbons (Fsp3) is 0.167. The molecular weight excluding hydrogens is 283 g/mol. The minimum Gasteiger partial charge on any atom is -0.127 e. The summed E-state index contributed by atoms with van der Waals surface area (Å²) in [6, 6.07) is 9.64. The molecule has 1 heterocycles. The molecule has 2 rings (SSSR count). The van der Waals surface area contributed by atoms with Gasteiger partial charge in [-0.1, -0.05) is 35.3 Å². The minimum absolute atomic E-state index is 0.159. The highest BCUT2D eigenvalue weighted by Crippen LogP contribution is 2.36. The van der Waals surface area contributed by atoms with Crippen LogP contribution in [0.4, 0.5) is 0 Å². The second-order valence-electron chi connectivity index (χ2n) is 3.51. The van der Waals surface area contributed by atoms with E-state index in [4.69, 9.17) is 34.8 Å². The molecule has 0 bridgehead atoms. The Bertz CT molecular complexity index is 505. The van der Waals surface area contributed by atoms with E-state index in [0.717, 1.165) is 25.4 Å². The third kappa shape index (κ3) is 2.54. The molecule has 1 aromatic carbocycles. The number of rotatable bonds is 2. The van der Waals surface area contributed by atoms with Crippen LogP contribution in [0.2, 0.25) is 9.36 Å². The van der Waals surface area contributed by atoms with Crippen LogP contribution in [0, 0.1) is 6.92 Å². The Hall–Kier alpha value is -0.210. The molecule has 16 heavy (non-hydrogen) atoms. The Kier molecular flexibility index (Phi) is 3.81. The predicted molar refractivity (Wildman–Crippen MR) is 73.2 cm³/mol. The molecule has 1 unspecified atom stereocenters. The molecule has 0 fully saturated rings. The number of halogens is 3. The summed E-state index contributed by atoms with van der Waals surface area (Å²) in [5, 5.41) is 0.602. The lowest BCUT2D eigenvalue weighted by molar-refractivity contribution is 1.17. The second kappa shape index (κ2) is 4.97. The molecule has 0 aliphatic carbocycles. The van der Waals surface area contributed by atoms with E-state index in [-0.39, 0.29) is 5.38 Å². The highest BCUT2D eigenvalue weighted by molar-refractivity contribution is 7.16. The number of thiophene rings is 1. The van der Waals surface area contributed by atoms with Crippen LogP contribution in [-0.2, 0) is 0 Å². The molecule has 84 valence electrons. The van der Waals surface area contributed by atoms with E-state index in [2.05, 4.69) is 0 Å². The number of alkyl halides is 1. The van der Waals surface area contributed by atoms with E-state index in [0.29, 0.717) is 0 Å². The summed E-state index contributed by atoms with van der Waals surface area (Å²) in [5.74, 6) is 0. The second-order valence-corrected chi connectivity index (χ2v) is 6.10. The van der Waals surface area contributed by atoms with E-state index < -0.39 is 0 Å². The maximum absolute atomic E-state index is 6.38. The van der Waals surface area contributed by atoms with Gasteiger partial charge in [-0.15, -0.1) is 22.9 Å². The Morgan fingerprint density at radius 2 is 1.88 bits per heavy atom. The Labute approximate surface area is 114 Å². The van der Waals surface area contributed by atoms with Gasteiger partial charge in [0.05, 0.1) is 9.71 Å². The lowest BCUT2D eigenvalue weighted by atomic mass is 10.1. The molecule has 0 amide bonds. The molecule has 2 aromatic rings. The Morgan fingerprint density at radius 1 is 1.12 bits per heavy atom. The number of hydrogen-bond acceptors (Lipinski definition) is 1. The molecular formula is C12H9Cl3S. The van der Waals surface area contributed by atoms with Crippen LogP contribution in [0.25, 0.3) is 0 Å². The fourth-order valence-electron chi connectivity index (χ4n) is 1.45. The first-order chi connectivity index (χ1) is 7.58. The molecule has 0 radical (unpaired) electrons. The number of benzene rings is 1. The summed E-state index contributed by atoms with van der Waals surface area (Å²) < 4.78 is 0.756. The zero-order valence-electron chi connectivity index (χ0n) is 8.51. The van der Waals surface area contributed by atoms with Crippen molar-refractivity contribution in [3.05, 3.63) is 55.7 Å². The Balaban J connectivity index is 2.33. The highest BCUT2D eigenvalue weighted by atomic mass is 35.5. The topological polar surface area (TPSA) is 0 Å². The molecule has 0 spiro atoms. The van der Waals surface area contributed by atoms with Crippen LogP contribution < -0.4 is 0 Å². The quantitative estimate of drug-likeness (QED) is 0.623. The smallest absolute Gasteiger partial charge is 0.0931 e.